The smallest absolute Gasteiger partial charge is 0.199 e. The normalized spacial score (nSPS) is 18.9. The molecule has 0 amide bonds. The first-order valence-electron chi connectivity index (χ1n) is 5.94. The van der Waals surface area contributed by atoms with Crippen LogP contribution in [0.4, 0.5) is 0 Å². The molecule has 0 bridgehead atoms. The third-order valence-corrected chi connectivity index (χ3v) is 2.95. The van der Waals surface area contributed by atoms with E-state index in [1.165, 1.54) is 0 Å². The summed E-state index contributed by atoms with van der Waals surface area (Å²) in [5.41, 5.74) is 6.60. The quantitative estimate of drug-likeness (QED) is 0.864. The van der Waals surface area contributed by atoms with E-state index in [1.807, 2.05) is 24.3 Å². The topological polar surface area (TPSA) is 53.7 Å². The Morgan fingerprint density at radius 3 is 2.65 bits per heavy atom. The van der Waals surface area contributed by atoms with Crippen LogP contribution in [-0.2, 0) is 15.3 Å². The molecule has 1 saturated heterocycles. The van der Waals surface area contributed by atoms with Crippen LogP contribution in [0.1, 0.15) is 18.4 Å². The van der Waals surface area contributed by atoms with Gasteiger partial charge in [-0.2, -0.15) is 0 Å². The Balaban J connectivity index is 2.37. The SMILES string of the molecule is COc1ccccc1C1(CCN)OCCCO1. The Morgan fingerprint density at radius 1 is 1.29 bits per heavy atom. The number of ether oxygens (including phenoxy) is 3. The summed E-state index contributed by atoms with van der Waals surface area (Å²) in [6, 6.07) is 7.77. The molecule has 1 aliphatic heterocycles. The lowest BCUT2D eigenvalue weighted by molar-refractivity contribution is -0.279. The van der Waals surface area contributed by atoms with Crippen molar-refractivity contribution in [3.8, 4) is 5.75 Å². The number of para-hydroxylation sites is 1. The van der Waals surface area contributed by atoms with Gasteiger partial charge in [-0.3, -0.25) is 0 Å². The van der Waals surface area contributed by atoms with Gasteiger partial charge >= 0.3 is 0 Å². The summed E-state index contributed by atoms with van der Waals surface area (Å²) in [4.78, 5) is 0. The molecule has 4 heteroatoms. The molecule has 1 aromatic carbocycles. The summed E-state index contributed by atoms with van der Waals surface area (Å²) in [6.07, 6.45) is 1.55. The van der Waals surface area contributed by atoms with Gasteiger partial charge in [0.1, 0.15) is 5.75 Å². The molecule has 0 unspecified atom stereocenters. The van der Waals surface area contributed by atoms with Crippen molar-refractivity contribution in [2.75, 3.05) is 26.9 Å². The van der Waals surface area contributed by atoms with Crippen molar-refractivity contribution in [2.45, 2.75) is 18.6 Å². The molecule has 0 aliphatic carbocycles. The molecule has 0 spiro atoms. The lowest BCUT2D eigenvalue weighted by Gasteiger charge is -2.38. The molecule has 94 valence electrons. The van der Waals surface area contributed by atoms with Crippen molar-refractivity contribution >= 4 is 0 Å². The minimum absolute atomic E-state index is 0.512. The first-order valence-corrected chi connectivity index (χ1v) is 5.94. The van der Waals surface area contributed by atoms with Crippen molar-refractivity contribution in [1.29, 1.82) is 0 Å². The van der Waals surface area contributed by atoms with E-state index >= 15 is 0 Å². The van der Waals surface area contributed by atoms with E-state index in [4.69, 9.17) is 19.9 Å². The van der Waals surface area contributed by atoms with Crippen molar-refractivity contribution in [3.63, 3.8) is 0 Å². The van der Waals surface area contributed by atoms with Gasteiger partial charge in [0.25, 0.3) is 0 Å². The fourth-order valence-corrected chi connectivity index (χ4v) is 2.16. The predicted molar refractivity (Wildman–Crippen MR) is 64.9 cm³/mol. The number of rotatable bonds is 4. The van der Waals surface area contributed by atoms with E-state index < -0.39 is 5.79 Å². The Hall–Kier alpha value is -1.10. The van der Waals surface area contributed by atoms with Crippen molar-refractivity contribution in [3.05, 3.63) is 29.8 Å². The van der Waals surface area contributed by atoms with E-state index in [9.17, 15) is 0 Å². The average Bonchev–Trinajstić information content (AvgIpc) is 2.40. The number of hydrogen-bond donors (Lipinski definition) is 1. The highest BCUT2D eigenvalue weighted by Gasteiger charge is 2.38. The largest absolute Gasteiger partial charge is 0.496 e. The Kier molecular flexibility index (Phi) is 3.99. The minimum Gasteiger partial charge on any atom is -0.496 e. The number of benzene rings is 1. The van der Waals surface area contributed by atoms with Gasteiger partial charge in [0.2, 0.25) is 0 Å². The van der Waals surface area contributed by atoms with Crippen LogP contribution in [0, 0.1) is 0 Å². The number of hydrogen-bond acceptors (Lipinski definition) is 4. The predicted octanol–water partition coefficient (Wildman–Crippen LogP) is 1.63. The van der Waals surface area contributed by atoms with Crippen LogP contribution in [0.5, 0.6) is 5.75 Å². The summed E-state index contributed by atoms with van der Waals surface area (Å²) in [6.45, 7) is 1.90. The van der Waals surface area contributed by atoms with Crippen LogP contribution < -0.4 is 10.5 Å². The molecule has 1 fully saturated rings. The highest BCUT2D eigenvalue weighted by molar-refractivity contribution is 5.37. The summed E-state index contributed by atoms with van der Waals surface area (Å²) in [7, 11) is 1.65. The highest BCUT2D eigenvalue weighted by atomic mass is 16.7. The summed E-state index contributed by atoms with van der Waals surface area (Å²) < 4.78 is 17.1. The monoisotopic (exact) mass is 237 g/mol. The van der Waals surface area contributed by atoms with Crippen molar-refractivity contribution < 1.29 is 14.2 Å². The first kappa shape index (κ1) is 12.4. The molecule has 1 aromatic rings. The second kappa shape index (κ2) is 5.49. The number of nitrogens with two attached hydrogens (primary N) is 1. The molecule has 0 saturated carbocycles. The zero-order chi connectivity index (χ0) is 12.1. The van der Waals surface area contributed by atoms with Crippen molar-refractivity contribution in [2.24, 2.45) is 5.73 Å². The fourth-order valence-electron chi connectivity index (χ4n) is 2.16. The minimum atomic E-state index is -0.737. The van der Waals surface area contributed by atoms with Gasteiger partial charge in [0.15, 0.2) is 5.79 Å². The molecule has 17 heavy (non-hydrogen) atoms. The number of methoxy groups -OCH3 is 1. The molecule has 0 atom stereocenters. The third kappa shape index (κ3) is 2.44. The zero-order valence-corrected chi connectivity index (χ0v) is 10.1. The van der Waals surface area contributed by atoms with E-state index in [0.29, 0.717) is 26.2 Å². The maximum absolute atomic E-state index is 5.85. The maximum atomic E-state index is 5.85. The molecule has 0 aromatic heterocycles. The highest BCUT2D eigenvalue weighted by Crippen LogP contribution is 2.38. The zero-order valence-electron chi connectivity index (χ0n) is 10.1. The van der Waals surface area contributed by atoms with Gasteiger partial charge in [-0.25, -0.2) is 0 Å². The first-order chi connectivity index (χ1) is 8.32. The van der Waals surface area contributed by atoms with E-state index in [0.717, 1.165) is 17.7 Å². The Morgan fingerprint density at radius 2 is 2.00 bits per heavy atom. The second-order valence-electron chi connectivity index (χ2n) is 4.04. The lowest BCUT2D eigenvalue weighted by atomic mass is 10.00. The summed E-state index contributed by atoms with van der Waals surface area (Å²) >= 11 is 0. The van der Waals surface area contributed by atoms with E-state index in [-0.39, 0.29) is 0 Å². The maximum Gasteiger partial charge on any atom is 0.199 e. The molecular weight excluding hydrogens is 218 g/mol. The van der Waals surface area contributed by atoms with E-state index in [1.54, 1.807) is 7.11 Å². The van der Waals surface area contributed by atoms with Gasteiger partial charge in [-0.1, -0.05) is 12.1 Å². The fraction of sp³-hybridized carbons (Fsp3) is 0.538. The van der Waals surface area contributed by atoms with Crippen molar-refractivity contribution in [1.82, 2.24) is 0 Å². The van der Waals surface area contributed by atoms with Gasteiger partial charge in [-0.15, -0.1) is 0 Å². The molecule has 1 aliphatic rings. The van der Waals surface area contributed by atoms with Crippen LogP contribution in [0.3, 0.4) is 0 Å². The average molecular weight is 237 g/mol. The van der Waals surface area contributed by atoms with Gasteiger partial charge < -0.3 is 19.9 Å². The Labute approximate surface area is 102 Å². The lowest BCUT2D eigenvalue weighted by Crippen LogP contribution is -2.40. The molecule has 1 heterocycles. The van der Waals surface area contributed by atoms with Crippen LogP contribution in [0.2, 0.25) is 0 Å². The summed E-state index contributed by atoms with van der Waals surface area (Å²) in [5, 5.41) is 0. The second-order valence-corrected chi connectivity index (χ2v) is 4.04. The van der Waals surface area contributed by atoms with Crippen LogP contribution in [0.15, 0.2) is 24.3 Å². The van der Waals surface area contributed by atoms with Gasteiger partial charge in [-0.05, 0) is 25.1 Å². The van der Waals surface area contributed by atoms with E-state index in [2.05, 4.69) is 0 Å². The van der Waals surface area contributed by atoms with Crippen LogP contribution >= 0.6 is 0 Å². The van der Waals surface area contributed by atoms with Gasteiger partial charge in [0, 0.05) is 6.42 Å². The molecule has 0 radical (unpaired) electrons. The standard InChI is InChI=1S/C13H19NO3/c1-15-12-6-3-2-5-11(12)13(7-8-14)16-9-4-10-17-13/h2-3,5-6H,4,7-10,14H2,1H3. The van der Waals surface area contributed by atoms with Crippen LogP contribution in [-0.4, -0.2) is 26.9 Å². The third-order valence-electron chi connectivity index (χ3n) is 2.95. The van der Waals surface area contributed by atoms with Crippen LogP contribution in [0.25, 0.3) is 0 Å². The molecule has 4 nitrogen and oxygen atoms in total. The molecule has 2 rings (SSSR count). The molecular formula is C13H19NO3. The van der Waals surface area contributed by atoms with Gasteiger partial charge in [0.05, 0.1) is 25.9 Å². The Bertz CT molecular complexity index is 356. The summed E-state index contributed by atoms with van der Waals surface area (Å²) in [5.74, 6) is 0.0439. The molecule has 2 N–H and O–H groups in total.